The Bertz CT molecular complexity index is 733. The van der Waals surface area contributed by atoms with Crippen LogP contribution in [0.25, 0.3) is 0 Å². The van der Waals surface area contributed by atoms with Crippen LogP contribution >= 0.6 is 24.0 Å². The van der Waals surface area contributed by atoms with Crippen LogP contribution in [0.4, 0.5) is 0 Å². The number of nitrogens with zero attached hydrogens (tertiary/aromatic N) is 1. The Kier molecular flexibility index (Phi) is 9.50. The quantitative estimate of drug-likeness (QED) is 0.346. The molecule has 0 saturated heterocycles. The minimum absolute atomic E-state index is 0. The monoisotopic (exact) mass is 468 g/mol. The molecule has 0 aliphatic heterocycles. The molecule has 0 heterocycles. The molecule has 0 atom stereocenters. The van der Waals surface area contributed by atoms with E-state index in [1.165, 1.54) is 0 Å². The molecule has 0 radical (unpaired) electrons. The molecule has 0 spiro atoms. The standard InChI is InChI=1S/C19H24N4O2.HI/c1-20-18(24)16-6-4-5-15(11-16)13-23-19(21-2)22-12-14-7-9-17(25-3)10-8-14;/h4-11H,12-13H2,1-3H3,(H,20,24)(H2,21,22,23);1H. The summed E-state index contributed by atoms with van der Waals surface area (Å²) in [7, 11) is 5.00. The van der Waals surface area contributed by atoms with Gasteiger partial charge in [0.25, 0.3) is 5.91 Å². The van der Waals surface area contributed by atoms with Crippen molar-refractivity contribution in [2.75, 3.05) is 21.2 Å². The van der Waals surface area contributed by atoms with Crippen molar-refractivity contribution in [1.29, 1.82) is 0 Å². The third-order valence-electron chi connectivity index (χ3n) is 3.72. The highest BCUT2D eigenvalue weighted by Crippen LogP contribution is 2.11. The van der Waals surface area contributed by atoms with Gasteiger partial charge in [0, 0.05) is 32.7 Å². The van der Waals surface area contributed by atoms with Crippen LogP contribution in [0.1, 0.15) is 21.5 Å². The second-order valence-electron chi connectivity index (χ2n) is 5.41. The number of guanidine groups is 1. The van der Waals surface area contributed by atoms with Crippen LogP contribution in [0, 0.1) is 0 Å². The molecule has 0 saturated carbocycles. The molecule has 0 unspecified atom stereocenters. The SMILES string of the molecule is CN=C(NCc1ccc(OC)cc1)NCc1cccc(C(=O)NC)c1.I. The summed E-state index contributed by atoms with van der Waals surface area (Å²) in [6, 6.07) is 15.4. The Labute approximate surface area is 171 Å². The highest BCUT2D eigenvalue weighted by atomic mass is 127. The minimum Gasteiger partial charge on any atom is -0.497 e. The average molecular weight is 468 g/mol. The van der Waals surface area contributed by atoms with Crippen LogP contribution in [0.15, 0.2) is 53.5 Å². The van der Waals surface area contributed by atoms with Crippen molar-refractivity contribution < 1.29 is 9.53 Å². The van der Waals surface area contributed by atoms with Crippen LogP contribution in [0.3, 0.4) is 0 Å². The number of aliphatic imine (C=N–C) groups is 1. The summed E-state index contributed by atoms with van der Waals surface area (Å²) < 4.78 is 5.15. The molecule has 0 aromatic heterocycles. The van der Waals surface area contributed by atoms with Gasteiger partial charge in [0.2, 0.25) is 0 Å². The fourth-order valence-corrected chi connectivity index (χ4v) is 2.30. The minimum atomic E-state index is -0.0936. The molecule has 0 aliphatic rings. The van der Waals surface area contributed by atoms with Gasteiger partial charge in [0.1, 0.15) is 5.75 Å². The van der Waals surface area contributed by atoms with E-state index in [1.54, 1.807) is 27.3 Å². The van der Waals surface area contributed by atoms with E-state index in [1.807, 2.05) is 42.5 Å². The van der Waals surface area contributed by atoms with Gasteiger partial charge in [-0.3, -0.25) is 9.79 Å². The van der Waals surface area contributed by atoms with Crippen LogP contribution in [-0.2, 0) is 13.1 Å². The van der Waals surface area contributed by atoms with Crippen LogP contribution in [0.2, 0.25) is 0 Å². The summed E-state index contributed by atoms with van der Waals surface area (Å²) in [4.78, 5) is 15.9. The predicted molar refractivity (Wildman–Crippen MR) is 115 cm³/mol. The van der Waals surface area contributed by atoms with Crippen molar-refractivity contribution in [3.8, 4) is 5.75 Å². The molecule has 1 amide bonds. The Hall–Kier alpha value is -2.29. The molecule has 0 fully saturated rings. The zero-order valence-electron chi connectivity index (χ0n) is 15.2. The van der Waals surface area contributed by atoms with Crippen LogP contribution in [-0.4, -0.2) is 33.1 Å². The summed E-state index contributed by atoms with van der Waals surface area (Å²) in [5, 5.41) is 9.13. The Morgan fingerprint density at radius 3 is 2.27 bits per heavy atom. The smallest absolute Gasteiger partial charge is 0.251 e. The summed E-state index contributed by atoms with van der Waals surface area (Å²) in [6.45, 7) is 1.23. The average Bonchev–Trinajstić information content (AvgIpc) is 2.68. The maximum atomic E-state index is 11.7. The van der Waals surface area contributed by atoms with Crippen molar-refractivity contribution >= 4 is 35.8 Å². The number of ether oxygens (including phenoxy) is 1. The zero-order chi connectivity index (χ0) is 18.1. The summed E-state index contributed by atoms with van der Waals surface area (Å²) >= 11 is 0. The predicted octanol–water partition coefficient (Wildman–Crippen LogP) is 2.54. The molecule has 2 aromatic carbocycles. The van der Waals surface area contributed by atoms with Crippen molar-refractivity contribution in [2.24, 2.45) is 4.99 Å². The van der Waals surface area contributed by atoms with E-state index in [9.17, 15) is 4.79 Å². The van der Waals surface area contributed by atoms with Gasteiger partial charge in [0.15, 0.2) is 5.96 Å². The number of hydrogen-bond donors (Lipinski definition) is 3. The van der Waals surface area contributed by atoms with Gasteiger partial charge in [-0.05, 0) is 35.4 Å². The first-order valence-electron chi connectivity index (χ1n) is 8.04. The lowest BCUT2D eigenvalue weighted by atomic mass is 10.1. The summed E-state index contributed by atoms with van der Waals surface area (Å²) in [5.74, 6) is 1.44. The summed E-state index contributed by atoms with van der Waals surface area (Å²) in [5.41, 5.74) is 2.78. The lowest BCUT2D eigenvalue weighted by Crippen LogP contribution is -2.36. The molecule has 3 N–H and O–H groups in total. The van der Waals surface area contributed by atoms with E-state index in [4.69, 9.17) is 4.74 Å². The fourth-order valence-electron chi connectivity index (χ4n) is 2.30. The maximum Gasteiger partial charge on any atom is 0.251 e. The molecule has 2 aromatic rings. The normalized spacial score (nSPS) is 10.5. The van der Waals surface area contributed by atoms with E-state index in [2.05, 4.69) is 20.9 Å². The van der Waals surface area contributed by atoms with E-state index >= 15 is 0 Å². The van der Waals surface area contributed by atoms with E-state index in [0.717, 1.165) is 16.9 Å². The van der Waals surface area contributed by atoms with Crippen molar-refractivity contribution in [3.63, 3.8) is 0 Å². The molecular formula is C19H25IN4O2. The first-order valence-corrected chi connectivity index (χ1v) is 8.04. The van der Waals surface area contributed by atoms with Crippen molar-refractivity contribution in [3.05, 3.63) is 65.2 Å². The first-order chi connectivity index (χ1) is 12.2. The molecular weight excluding hydrogens is 443 g/mol. The van der Waals surface area contributed by atoms with Crippen LogP contribution in [0.5, 0.6) is 5.75 Å². The highest BCUT2D eigenvalue weighted by molar-refractivity contribution is 14.0. The van der Waals surface area contributed by atoms with E-state index in [0.29, 0.717) is 24.6 Å². The number of benzene rings is 2. The zero-order valence-corrected chi connectivity index (χ0v) is 17.5. The third-order valence-corrected chi connectivity index (χ3v) is 3.72. The number of carbonyl (C=O) groups is 1. The third kappa shape index (κ3) is 6.55. The molecule has 2 rings (SSSR count). The Morgan fingerprint density at radius 2 is 1.69 bits per heavy atom. The molecule has 140 valence electrons. The Morgan fingerprint density at radius 1 is 1.04 bits per heavy atom. The molecule has 7 heteroatoms. The molecule has 6 nitrogen and oxygen atoms in total. The number of nitrogens with one attached hydrogen (secondary N) is 3. The Balaban J connectivity index is 0.00000338. The topological polar surface area (TPSA) is 74.8 Å². The number of amides is 1. The van der Waals surface area contributed by atoms with E-state index < -0.39 is 0 Å². The van der Waals surface area contributed by atoms with Crippen LogP contribution < -0.4 is 20.7 Å². The largest absolute Gasteiger partial charge is 0.497 e. The number of halogens is 1. The first kappa shape index (κ1) is 21.8. The highest BCUT2D eigenvalue weighted by Gasteiger charge is 2.04. The number of rotatable bonds is 6. The molecule has 26 heavy (non-hydrogen) atoms. The molecule has 0 aliphatic carbocycles. The lowest BCUT2D eigenvalue weighted by molar-refractivity contribution is 0.0963. The summed E-state index contributed by atoms with van der Waals surface area (Å²) in [6.07, 6.45) is 0. The van der Waals surface area contributed by atoms with Crippen molar-refractivity contribution in [1.82, 2.24) is 16.0 Å². The van der Waals surface area contributed by atoms with Gasteiger partial charge in [-0.2, -0.15) is 0 Å². The second kappa shape index (κ2) is 11.3. The number of carbonyl (C=O) groups excluding carboxylic acids is 1. The fraction of sp³-hybridized carbons (Fsp3) is 0.263. The molecule has 0 bridgehead atoms. The van der Waals surface area contributed by atoms with E-state index in [-0.39, 0.29) is 29.9 Å². The number of methoxy groups -OCH3 is 1. The van der Waals surface area contributed by atoms with Gasteiger partial charge >= 0.3 is 0 Å². The van der Waals surface area contributed by atoms with Gasteiger partial charge < -0.3 is 20.7 Å². The second-order valence-corrected chi connectivity index (χ2v) is 5.41. The van der Waals surface area contributed by atoms with Gasteiger partial charge in [-0.1, -0.05) is 24.3 Å². The van der Waals surface area contributed by atoms with Gasteiger partial charge in [0.05, 0.1) is 7.11 Å². The van der Waals surface area contributed by atoms with Gasteiger partial charge in [-0.25, -0.2) is 0 Å². The van der Waals surface area contributed by atoms with Crippen molar-refractivity contribution in [2.45, 2.75) is 13.1 Å². The van der Waals surface area contributed by atoms with Gasteiger partial charge in [-0.15, -0.1) is 24.0 Å². The maximum absolute atomic E-state index is 11.7. The lowest BCUT2D eigenvalue weighted by Gasteiger charge is -2.13. The number of hydrogen-bond acceptors (Lipinski definition) is 3.